The topological polar surface area (TPSA) is 68.2 Å². The number of amides is 1. The summed E-state index contributed by atoms with van der Waals surface area (Å²) in [6.45, 7) is 0.527. The number of carbonyl (C=O) groups excluding carboxylic acids is 1. The smallest absolute Gasteiger partial charge is 0.247 e. The third-order valence-corrected chi connectivity index (χ3v) is 7.13. The van der Waals surface area contributed by atoms with Crippen LogP contribution in [0.4, 0.5) is 0 Å². The summed E-state index contributed by atoms with van der Waals surface area (Å²) < 4.78 is 16.0. The Labute approximate surface area is 195 Å². The molecule has 0 bridgehead atoms. The van der Waals surface area contributed by atoms with Crippen LogP contribution in [-0.2, 0) is 4.79 Å². The molecule has 1 heterocycles. The summed E-state index contributed by atoms with van der Waals surface area (Å²) in [6.07, 6.45) is 7.85. The molecule has 1 aliphatic carbocycles. The number of aliphatic hydroxyl groups is 1. The molecule has 0 unspecified atom stereocenters. The maximum atomic E-state index is 13.4. The van der Waals surface area contributed by atoms with Gasteiger partial charge >= 0.3 is 0 Å². The summed E-state index contributed by atoms with van der Waals surface area (Å²) in [7, 11) is 4.83. The lowest BCUT2D eigenvalue weighted by Gasteiger charge is -2.52. The van der Waals surface area contributed by atoms with Gasteiger partial charge in [-0.2, -0.15) is 0 Å². The van der Waals surface area contributed by atoms with Gasteiger partial charge in [0.1, 0.15) is 5.75 Å². The standard InChI is InChI=1S/C27H33NO5/c1-31-21-11-9-20(10-12-21)26-22-6-4-5-15-27(22,30)16-17-28(26)25(29)14-8-19-7-13-23(32-2)24(18-19)33-3/h7-14,18,22,26,30H,4-6,15-17H2,1-3H3/b14-8+/t22-,26+,27-/m1/s1. The number of rotatable bonds is 6. The second kappa shape index (κ2) is 9.87. The summed E-state index contributed by atoms with van der Waals surface area (Å²) in [5, 5.41) is 11.4. The van der Waals surface area contributed by atoms with Crippen LogP contribution in [0.15, 0.2) is 48.5 Å². The average Bonchev–Trinajstić information content (AvgIpc) is 2.86. The van der Waals surface area contributed by atoms with Crippen LogP contribution in [-0.4, -0.2) is 49.4 Å². The molecule has 2 aromatic carbocycles. The van der Waals surface area contributed by atoms with Crippen molar-refractivity contribution in [2.24, 2.45) is 5.92 Å². The molecule has 0 radical (unpaired) electrons. The molecule has 1 saturated heterocycles. The van der Waals surface area contributed by atoms with Gasteiger partial charge in [0.2, 0.25) is 5.91 Å². The van der Waals surface area contributed by atoms with Gasteiger partial charge in [-0.15, -0.1) is 0 Å². The quantitative estimate of drug-likeness (QED) is 0.649. The van der Waals surface area contributed by atoms with E-state index in [0.29, 0.717) is 24.5 Å². The highest BCUT2D eigenvalue weighted by molar-refractivity contribution is 5.92. The molecule has 6 heteroatoms. The Morgan fingerprint density at radius 3 is 2.45 bits per heavy atom. The van der Waals surface area contributed by atoms with Crippen molar-refractivity contribution in [3.8, 4) is 17.2 Å². The van der Waals surface area contributed by atoms with Crippen molar-refractivity contribution in [1.82, 2.24) is 4.90 Å². The fourth-order valence-electron chi connectivity index (χ4n) is 5.36. The molecule has 6 nitrogen and oxygen atoms in total. The van der Waals surface area contributed by atoms with Crippen molar-refractivity contribution in [2.75, 3.05) is 27.9 Å². The maximum Gasteiger partial charge on any atom is 0.247 e. The molecule has 1 aliphatic heterocycles. The predicted molar refractivity (Wildman–Crippen MR) is 128 cm³/mol. The Kier molecular flexibility index (Phi) is 6.94. The largest absolute Gasteiger partial charge is 0.497 e. The minimum absolute atomic E-state index is 0.0202. The van der Waals surface area contributed by atoms with Gasteiger partial charge in [0.05, 0.1) is 33.0 Å². The van der Waals surface area contributed by atoms with Gasteiger partial charge in [0.15, 0.2) is 11.5 Å². The molecule has 1 amide bonds. The maximum absolute atomic E-state index is 13.4. The molecule has 0 aromatic heterocycles. The second-order valence-corrected chi connectivity index (χ2v) is 8.90. The summed E-state index contributed by atoms with van der Waals surface area (Å²) >= 11 is 0. The Bertz CT molecular complexity index is 1000. The van der Waals surface area contributed by atoms with E-state index >= 15 is 0 Å². The van der Waals surface area contributed by atoms with E-state index in [1.165, 1.54) is 0 Å². The number of ether oxygens (including phenoxy) is 3. The van der Waals surface area contributed by atoms with Crippen LogP contribution in [0, 0.1) is 5.92 Å². The first-order valence-electron chi connectivity index (χ1n) is 11.6. The second-order valence-electron chi connectivity index (χ2n) is 8.90. The fourth-order valence-corrected chi connectivity index (χ4v) is 5.36. The van der Waals surface area contributed by atoms with Crippen LogP contribution in [0.1, 0.15) is 49.3 Å². The van der Waals surface area contributed by atoms with Gasteiger partial charge in [-0.05, 0) is 60.7 Å². The van der Waals surface area contributed by atoms with E-state index in [1.807, 2.05) is 47.4 Å². The number of carbonyl (C=O) groups is 1. The molecule has 3 atom stereocenters. The summed E-state index contributed by atoms with van der Waals surface area (Å²) in [6, 6.07) is 13.3. The SMILES string of the molecule is COc1ccc([C@H]2[C@H]3CCCC[C@@]3(O)CCN2C(=O)/C=C/c2ccc(OC)c(OC)c2)cc1. The lowest BCUT2D eigenvalue weighted by molar-refractivity contribution is -0.150. The molecule has 2 fully saturated rings. The van der Waals surface area contributed by atoms with Gasteiger partial charge in [-0.25, -0.2) is 0 Å². The van der Waals surface area contributed by atoms with Crippen molar-refractivity contribution < 1.29 is 24.1 Å². The van der Waals surface area contributed by atoms with Crippen LogP contribution in [0.5, 0.6) is 17.2 Å². The number of hydrogen-bond acceptors (Lipinski definition) is 5. The van der Waals surface area contributed by atoms with E-state index in [4.69, 9.17) is 14.2 Å². The minimum Gasteiger partial charge on any atom is -0.497 e. The van der Waals surface area contributed by atoms with Gasteiger partial charge in [0.25, 0.3) is 0 Å². The average molecular weight is 452 g/mol. The highest BCUT2D eigenvalue weighted by Crippen LogP contribution is 2.49. The Balaban J connectivity index is 1.62. The van der Waals surface area contributed by atoms with Gasteiger partial charge < -0.3 is 24.2 Å². The molecule has 4 rings (SSSR count). The molecular formula is C27H33NO5. The van der Waals surface area contributed by atoms with Crippen molar-refractivity contribution in [1.29, 1.82) is 0 Å². The van der Waals surface area contributed by atoms with Crippen molar-refractivity contribution >= 4 is 12.0 Å². The van der Waals surface area contributed by atoms with E-state index in [-0.39, 0.29) is 17.9 Å². The number of fused-ring (bicyclic) bond motifs is 1. The van der Waals surface area contributed by atoms with Crippen LogP contribution in [0.25, 0.3) is 6.08 Å². The number of methoxy groups -OCH3 is 3. The number of hydrogen-bond donors (Lipinski definition) is 1. The van der Waals surface area contributed by atoms with E-state index < -0.39 is 5.60 Å². The number of likely N-dealkylation sites (tertiary alicyclic amines) is 1. The zero-order chi connectivity index (χ0) is 23.4. The summed E-state index contributed by atoms with van der Waals surface area (Å²) in [5.41, 5.74) is 1.18. The Morgan fingerprint density at radius 2 is 1.76 bits per heavy atom. The van der Waals surface area contributed by atoms with Gasteiger partial charge in [0, 0.05) is 18.5 Å². The summed E-state index contributed by atoms with van der Waals surface area (Å²) in [4.78, 5) is 15.3. The molecule has 0 spiro atoms. The van der Waals surface area contributed by atoms with Crippen molar-refractivity contribution in [3.63, 3.8) is 0 Å². The predicted octanol–water partition coefficient (Wildman–Crippen LogP) is 4.62. The van der Waals surface area contributed by atoms with E-state index in [2.05, 4.69) is 0 Å². The molecule has 176 valence electrons. The fraction of sp³-hybridized carbons (Fsp3) is 0.444. The minimum atomic E-state index is -0.716. The first-order valence-corrected chi connectivity index (χ1v) is 11.6. The van der Waals surface area contributed by atoms with E-state index in [0.717, 1.165) is 42.6 Å². The first-order chi connectivity index (χ1) is 16.0. The third kappa shape index (κ3) is 4.71. The van der Waals surface area contributed by atoms with Crippen LogP contribution >= 0.6 is 0 Å². The number of benzene rings is 2. The first kappa shape index (κ1) is 23.2. The highest BCUT2D eigenvalue weighted by atomic mass is 16.5. The lowest BCUT2D eigenvalue weighted by Crippen LogP contribution is -2.56. The van der Waals surface area contributed by atoms with Gasteiger partial charge in [-0.3, -0.25) is 4.79 Å². The zero-order valence-corrected chi connectivity index (χ0v) is 19.6. The molecule has 1 saturated carbocycles. The van der Waals surface area contributed by atoms with E-state index in [9.17, 15) is 9.90 Å². The van der Waals surface area contributed by atoms with Crippen molar-refractivity contribution in [3.05, 3.63) is 59.7 Å². The Morgan fingerprint density at radius 1 is 1.00 bits per heavy atom. The molecule has 2 aromatic rings. The Hall–Kier alpha value is -2.99. The van der Waals surface area contributed by atoms with Crippen LogP contribution in [0.3, 0.4) is 0 Å². The molecular weight excluding hydrogens is 418 g/mol. The van der Waals surface area contributed by atoms with Gasteiger partial charge in [-0.1, -0.05) is 31.0 Å². The van der Waals surface area contributed by atoms with Crippen molar-refractivity contribution in [2.45, 2.75) is 43.7 Å². The normalized spacial score (nSPS) is 24.9. The summed E-state index contributed by atoms with van der Waals surface area (Å²) in [5.74, 6) is 2.01. The monoisotopic (exact) mass is 451 g/mol. The molecule has 2 aliphatic rings. The third-order valence-electron chi connectivity index (χ3n) is 7.13. The zero-order valence-electron chi connectivity index (χ0n) is 19.6. The molecule has 1 N–H and O–H groups in total. The lowest BCUT2D eigenvalue weighted by atomic mass is 9.66. The number of piperidine rings is 1. The molecule has 33 heavy (non-hydrogen) atoms. The van der Waals surface area contributed by atoms with Crippen LogP contribution in [0.2, 0.25) is 0 Å². The number of nitrogens with zero attached hydrogens (tertiary/aromatic N) is 1. The highest BCUT2D eigenvalue weighted by Gasteiger charge is 2.49. The van der Waals surface area contributed by atoms with Crippen LogP contribution < -0.4 is 14.2 Å². The van der Waals surface area contributed by atoms with E-state index in [1.54, 1.807) is 33.5 Å².